The number of carbonyl (C=O) groups is 1. The average molecular weight is 308 g/mol. The van der Waals surface area contributed by atoms with Crippen LogP contribution in [0, 0.1) is 5.41 Å². The number of benzene rings is 1. The van der Waals surface area contributed by atoms with Crippen molar-refractivity contribution in [2.45, 2.75) is 40.2 Å². The van der Waals surface area contributed by atoms with Crippen molar-refractivity contribution in [3.05, 3.63) is 23.8 Å². The molecule has 0 aliphatic carbocycles. The van der Waals surface area contributed by atoms with Crippen molar-refractivity contribution in [1.29, 1.82) is 0 Å². The summed E-state index contributed by atoms with van der Waals surface area (Å²) in [5.41, 5.74) is 6.29. The van der Waals surface area contributed by atoms with Crippen LogP contribution in [0.15, 0.2) is 18.2 Å². The van der Waals surface area contributed by atoms with Crippen LogP contribution < -0.4 is 20.5 Å². The van der Waals surface area contributed by atoms with Gasteiger partial charge in [-0.2, -0.15) is 0 Å². The summed E-state index contributed by atoms with van der Waals surface area (Å²) in [5.74, 6) is 1.39. The second kappa shape index (κ2) is 8.63. The number of ether oxygens (including phenoxy) is 2. The molecule has 0 saturated heterocycles. The Hall–Kier alpha value is -1.75. The SMILES string of the molecule is CCOc1cc(CNC(=O)C(CC)(CC)CN)ccc1OC. The van der Waals surface area contributed by atoms with Crippen molar-refractivity contribution in [2.75, 3.05) is 20.3 Å². The quantitative estimate of drug-likeness (QED) is 0.735. The highest BCUT2D eigenvalue weighted by molar-refractivity contribution is 5.82. The highest BCUT2D eigenvalue weighted by Crippen LogP contribution is 2.28. The third-order valence-corrected chi connectivity index (χ3v) is 4.21. The molecule has 22 heavy (non-hydrogen) atoms. The lowest BCUT2D eigenvalue weighted by atomic mass is 9.81. The second-order valence-electron chi connectivity index (χ2n) is 5.29. The summed E-state index contributed by atoms with van der Waals surface area (Å²) in [5, 5.41) is 2.98. The predicted octanol–water partition coefficient (Wildman–Crippen LogP) is 2.48. The van der Waals surface area contributed by atoms with Crippen molar-refractivity contribution in [1.82, 2.24) is 5.32 Å². The molecule has 1 rings (SSSR count). The van der Waals surface area contributed by atoms with Gasteiger partial charge in [0.15, 0.2) is 11.5 Å². The largest absolute Gasteiger partial charge is 0.493 e. The predicted molar refractivity (Wildman–Crippen MR) is 88.1 cm³/mol. The summed E-state index contributed by atoms with van der Waals surface area (Å²) in [7, 11) is 1.61. The van der Waals surface area contributed by atoms with Crippen LogP contribution in [-0.2, 0) is 11.3 Å². The molecule has 1 amide bonds. The lowest BCUT2D eigenvalue weighted by molar-refractivity contribution is -0.131. The molecule has 0 aliphatic heterocycles. The van der Waals surface area contributed by atoms with Gasteiger partial charge in [-0.25, -0.2) is 0 Å². The van der Waals surface area contributed by atoms with Crippen LogP contribution in [0.5, 0.6) is 11.5 Å². The molecule has 0 atom stereocenters. The van der Waals surface area contributed by atoms with Crippen LogP contribution in [0.1, 0.15) is 39.2 Å². The summed E-state index contributed by atoms with van der Waals surface area (Å²) in [6.45, 7) is 7.29. The van der Waals surface area contributed by atoms with Crippen molar-refractivity contribution in [2.24, 2.45) is 11.1 Å². The molecular weight excluding hydrogens is 280 g/mol. The van der Waals surface area contributed by atoms with E-state index in [-0.39, 0.29) is 5.91 Å². The first-order chi connectivity index (χ1) is 10.6. The van der Waals surface area contributed by atoms with Crippen LogP contribution in [0.2, 0.25) is 0 Å². The van der Waals surface area contributed by atoms with Gasteiger partial charge in [-0.05, 0) is 37.5 Å². The molecule has 0 saturated carbocycles. The standard InChI is InChI=1S/C17H28N2O3/c1-5-17(6-2,12-18)16(20)19-11-13-8-9-14(21-4)15(10-13)22-7-3/h8-10H,5-7,11-12,18H2,1-4H3,(H,19,20). The number of methoxy groups -OCH3 is 1. The van der Waals surface area contributed by atoms with E-state index in [0.717, 1.165) is 18.4 Å². The van der Waals surface area contributed by atoms with E-state index in [9.17, 15) is 4.79 Å². The van der Waals surface area contributed by atoms with Gasteiger partial charge in [-0.3, -0.25) is 4.79 Å². The fraction of sp³-hybridized carbons (Fsp3) is 0.588. The Kier molecular flexibility index (Phi) is 7.18. The number of carbonyl (C=O) groups excluding carboxylic acids is 1. The van der Waals surface area contributed by atoms with E-state index in [2.05, 4.69) is 5.32 Å². The first-order valence-electron chi connectivity index (χ1n) is 7.84. The van der Waals surface area contributed by atoms with Gasteiger partial charge >= 0.3 is 0 Å². The van der Waals surface area contributed by atoms with Crippen LogP contribution in [0.25, 0.3) is 0 Å². The molecule has 5 nitrogen and oxygen atoms in total. The van der Waals surface area contributed by atoms with Gasteiger partial charge in [0.2, 0.25) is 5.91 Å². The molecular formula is C17H28N2O3. The van der Waals surface area contributed by atoms with E-state index in [1.165, 1.54) is 0 Å². The van der Waals surface area contributed by atoms with Crippen molar-refractivity contribution in [3.8, 4) is 11.5 Å². The van der Waals surface area contributed by atoms with Gasteiger partial charge in [0, 0.05) is 13.1 Å². The monoisotopic (exact) mass is 308 g/mol. The number of amides is 1. The maximum atomic E-state index is 12.4. The Bertz CT molecular complexity index is 477. The van der Waals surface area contributed by atoms with Gasteiger partial charge in [-0.15, -0.1) is 0 Å². The smallest absolute Gasteiger partial charge is 0.227 e. The van der Waals surface area contributed by atoms with Gasteiger partial charge in [0.25, 0.3) is 0 Å². The summed E-state index contributed by atoms with van der Waals surface area (Å²) >= 11 is 0. The fourth-order valence-corrected chi connectivity index (χ4v) is 2.42. The lowest BCUT2D eigenvalue weighted by Crippen LogP contribution is -2.45. The van der Waals surface area contributed by atoms with Crippen molar-refractivity contribution >= 4 is 5.91 Å². The molecule has 3 N–H and O–H groups in total. The van der Waals surface area contributed by atoms with E-state index in [0.29, 0.717) is 31.2 Å². The van der Waals surface area contributed by atoms with Crippen LogP contribution in [0.3, 0.4) is 0 Å². The van der Waals surface area contributed by atoms with Crippen molar-refractivity contribution in [3.63, 3.8) is 0 Å². The number of hydrogen-bond donors (Lipinski definition) is 2. The maximum absolute atomic E-state index is 12.4. The van der Waals surface area contributed by atoms with Gasteiger partial charge < -0.3 is 20.5 Å². The number of hydrogen-bond acceptors (Lipinski definition) is 4. The zero-order valence-electron chi connectivity index (χ0n) is 14.1. The van der Waals surface area contributed by atoms with Gasteiger partial charge in [0.1, 0.15) is 0 Å². The first kappa shape index (κ1) is 18.3. The Morgan fingerprint density at radius 1 is 1.23 bits per heavy atom. The van der Waals surface area contributed by atoms with E-state index >= 15 is 0 Å². The van der Waals surface area contributed by atoms with E-state index in [1.54, 1.807) is 7.11 Å². The third kappa shape index (κ3) is 4.13. The normalized spacial score (nSPS) is 11.1. The lowest BCUT2D eigenvalue weighted by Gasteiger charge is -2.28. The minimum Gasteiger partial charge on any atom is -0.493 e. The van der Waals surface area contributed by atoms with Crippen molar-refractivity contribution < 1.29 is 14.3 Å². The Balaban J connectivity index is 2.79. The molecule has 0 radical (unpaired) electrons. The minimum atomic E-state index is -0.477. The summed E-state index contributed by atoms with van der Waals surface area (Å²) in [6, 6.07) is 5.66. The van der Waals surface area contributed by atoms with E-state index < -0.39 is 5.41 Å². The molecule has 1 aromatic rings. The summed E-state index contributed by atoms with van der Waals surface area (Å²) in [4.78, 5) is 12.4. The highest BCUT2D eigenvalue weighted by Gasteiger charge is 2.32. The highest BCUT2D eigenvalue weighted by atomic mass is 16.5. The molecule has 0 heterocycles. The molecule has 124 valence electrons. The number of nitrogens with one attached hydrogen (secondary N) is 1. The van der Waals surface area contributed by atoms with E-state index in [4.69, 9.17) is 15.2 Å². The molecule has 1 aromatic carbocycles. The van der Waals surface area contributed by atoms with Crippen LogP contribution in [-0.4, -0.2) is 26.2 Å². The topological polar surface area (TPSA) is 73.6 Å². The van der Waals surface area contributed by atoms with E-state index in [1.807, 2.05) is 39.0 Å². The number of nitrogens with two attached hydrogens (primary N) is 1. The zero-order chi connectivity index (χ0) is 16.6. The molecule has 0 unspecified atom stereocenters. The molecule has 0 fully saturated rings. The third-order valence-electron chi connectivity index (χ3n) is 4.21. The maximum Gasteiger partial charge on any atom is 0.227 e. The molecule has 5 heteroatoms. The van der Waals surface area contributed by atoms with Crippen LogP contribution in [0.4, 0.5) is 0 Å². The first-order valence-corrected chi connectivity index (χ1v) is 7.84. The fourth-order valence-electron chi connectivity index (χ4n) is 2.42. The van der Waals surface area contributed by atoms with Gasteiger partial charge in [0.05, 0.1) is 19.1 Å². The molecule has 0 aliphatic rings. The average Bonchev–Trinajstić information content (AvgIpc) is 2.55. The molecule has 0 aromatic heterocycles. The Labute approximate surface area is 133 Å². The molecule has 0 spiro atoms. The number of rotatable bonds is 9. The Morgan fingerprint density at radius 2 is 1.91 bits per heavy atom. The Morgan fingerprint density at radius 3 is 2.41 bits per heavy atom. The second-order valence-corrected chi connectivity index (χ2v) is 5.29. The minimum absolute atomic E-state index is 0.00813. The zero-order valence-corrected chi connectivity index (χ0v) is 14.1. The summed E-state index contributed by atoms with van der Waals surface area (Å²) in [6.07, 6.45) is 1.47. The molecule has 0 bridgehead atoms. The summed E-state index contributed by atoms with van der Waals surface area (Å²) < 4.78 is 10.8. The van der Waals surface area contributed by atoms with Gasteiger partial charge in [-0.1, -0.05) is 19.9 Å². The van der Waals surface area contributed by atoms with Crippen LogP contribution >= 0.6 is 0 Å².